The van der Waals surface area contributed by atoms with Crippen molar-refractivity contribution < 1.29 is 22.8 Å². The van der Waals surface area contributed by atoms with Gasteiger partial charge in [0.25, 0.3) is 0 Å². The van der Waals surface area contributed by atoms with Crippen LogP contribution in [0, 0.1) is 5.41 Å². The highest BCUT2D eigenvalue weighted by Crippen LogP contribution is 2.37. The lowest BCUT2D eigenvalue weighted by Gasteiger charge is -2.29. The molecule has 17 heavy (non-hydrogen) atoms. The summed E-state index contributed by atoms with van der Waals surface area (Å²) >= 11 is 0. The number of primary amides is 2. The van der Waals surface area contributed by atoms with E-state index in [2.05, 4.69) is 0 Å². The third kappa shape index (κ3) is 5.55. The fourth-order valence-electron chi connectivity index (χ4n) is 1.83. The molecule has 0 fully saturated rings. The van der Waals surface area contributed by atoms with Crippen LogP contribution in [0.25, 0.3) is 0 Å². The first-order valence-electron chi connectivity index (χ1n) is 5.28. The molecule has 0 aliphatic rings. The maximum atomic E-state index is 12.2. The molecule has 0 radical (unpaired) electrons. The minimum Gasteiger partial charge on any atom is -0.370 e. The first-order valence-corrected chi connectivity index (χ1v) is 5.28. The van der Waals surface area contributed by atoms with E-state index < -0.39 is 42.7 Å². The van der Waals surface area contributed by atoms with Crippen LogP contribution in [0.3, 0.4) is 0 Å². The van der Waals surface area contributed by atoms with Crippen molar-refractivity contribution in [3.63, 3.8) is 0 Å². The Morgan fingerprint density at radius 3 is 1.88 bits per heavy atom. The van der Waals surface area contributed by atoms with Crippen molar-refractivity contribution in [3.05, 3.63) is 0 Å². The minimum atomic E-state index is -4.38. The number of hydrogen-bond donors (Lipinski definition) is 2. The minimum absolute atomic E-state index is 0.126. The first-order chi connectivity index (χ1) is 7.63. The molecule has 100 valence electrons. The zero-order valence-electron chi connectivity index (χ0n) is 9.64. The molecule has 0 spiro atoms. The highest BCUT2D eigenvalue weighted by molar-refractivity contribution is 5.87. The lowest BCUT2D eigenvalue weighted by molar-refractivity contribution is -0.149. The van der Waals surface area contributed by atoms with Gasteiger partial charge < -0.3 is 11.5 Å². The summed E-state index contributed by atoms with van der Waals surface area (Å²) in [6.07, 6.45) is -5.89. The summed E-state index contributed by atoms with van der Waals surface area (Å²) < 4.78 is 36.5. The number of carbonyl (C=O) groups excluding carboxylic acids is 2. The fraction of sp³-hybridized carbons (Fsp3) is 0.800. The predicted octanol–water partition coefficient (Wildman–Crippen LogP) is 1.48. The zero-order chi connectivity index (χ0) is 13.7. The highest BCUT2D eigenvalue weighted by atomic mass is 19.4. The number of alkyl halides is 3. The van der Waals surface area contributed by atoms with E-state index in [1.807, 2.05) is 0 Å². The molecule has 0 saturated heterocycles. The molecule has 0 aliphatic heterocycles. The van der Waals surface area contributed by atoms with Gasteiger partial charge in [0, 0.05) is 12.8 Å². The molecule has 0 bridgehead atoms. The molecule has 2 amide bonds. The van der Waals surface area contributed by atoms with E-state index >= 15 is 0 Å². The van der Waals surface area contributed by atoms with Gasteiger partial charge in [0.15, 0.2) is 0 Å². The molecule has 1 unspecified atom stereocenters. The molecule has 7 heteroatoms. The Morgan fingerprint density at radius 1 is 1.06 bits per heavy atom. The van der Waals surface area contributed by atoms with Crippen LogP contribution >= 0.6 is 0 Å². The molecular weight excluding hydrogens is 237 g/mol. The van der Waals surface area contributed by atoms with Crippen LogP contribution < -0.4 is 11.5 Å². The number of hydrogen-bond acceptors (Lipinski definition) is 2. The average molecular weight is 254 g/mol. The molecule has 0 saturated carbocycles. The van der Waals surface area contributed by atoms with Gasteiger partial charge >= 0.3 is 6.18 Å². The molecule has 4 N–H and O–H groups in total. The van der Waals surface area contributed by atoms with Crippen molar-refractivity contribution in [1.82, 2.24) is 0 Å². The Kier molecular flexibility index (Phi) is 5.44. The number of carbonyl (C=O) groups is 2. The second-order valence-electron chi connectivity index (χ2n) is 4.15. The van der Waals surface area contributed by atoms with Crippen molar-refractivity contribution in [2.45, 2.75) is 45.2 Å². The molecule has 0 aromatic carbocycles. The SMILES string of the molecule is CCCC(CCC(F)(F)F)(CC(N)=O)C(N)=O. The van der Waals surface area contributed by atoms with Crippen molar-refractivity contribution in [2.24, 2.45) is 16.9 Å². The van der Waals surface area contributed by atoms with Crippen LogP contribution in [0.5, 0.6) is 0 Å². The molecule has 0 aliphatic carbocycles. The standard InChI is InChI=1S/C10H17F3N2O2/c1-2-3-9(8(15)17,6-7(14)16)4-5-10(11,12)13/h2-6H2,1H3,(H2,14,16)(H2,15,17). The summed E-state index contributed by atoms with van der Waals surface area (Å²) in [6.45, 7) is 1.70. The lowest BCUT2D eigenvalue weighted by atomic mass is 9.75. The van der Waals surface area contributed by atoms with Crippen LogP contribution in [0.2, 0.25) is 0 Å². The van der Waals surface area contributed by atoms with Gasteiger partial charge in [0.1, 0.15) is 0 Å². The monoisotopic (exact) mass is 254 g/mol. The van der Waals surface area contributed by atoms with Crippen molar-refractivity contribution in [3.8, 4) is 0 Å². The Hall–Kier alpha value is -1.27. The lowest BCUT2D eigenvalue weighted by Crippen LogP contribution is -2.41. The Balaban J connectivity index is 4.90. The largest absolute Gasteiger partial charge is 0.389 e. The number of amides is 2. The summed E-state index contributed by atoms with van der Waals surface area (Å²) in [5.74, 6) is -1.72. The van der Waals surface area contributed by atoms with E-state index in [1.54, 1.807) is 6.92 Å². The Labute approximate surface area is 97.5 Å². The maximum absolute atomic E-state index is 12.2. The normalized spacial score (nSPS) is 15.3. The van der Waals surface area contributed by atoms with E-state index in [1.165, 1.54) is 0 Å². The summed E-state index contributed by atoms with van der Waals surface area (Å²) in [7, 11) is 0. The number of halogens is 3. The van der Waals surface area contributed by atoms with E-state index in [0.29, 0.717) is 6.42 Å². The zero-order valence-corrected chi connectivity index (χ0v) is 9.64. The quantitative estimate of drug-likeness (QED) is 0.720. The van der Waals surface area contributed by atoms with Crippen LogP contribution in [0.15, 0.2) is 0 Å². The second-order valence-corrected chi connectivity index (χ2v) is 4.15. The predicted molar refractivity (Wildman–Crippen MR) is 55.6 cm³/mol. The first kappa shape index (κ1) is 15.7. The van der Waals surface area contributed by atoms with Crippen LogP contribution in [-0.4, -0.2) is 18.0 Å². The summed E-state index contributed by atoms with van der Waals surface area (Å²) in [4.78, 5) is 22.2. The van der Waals surface area contributed by atoms with Crippen LogP contribution in [0.4, 0.5) is 13.2 Å². The van der Waals surface area contributed by atoms with Gasteiger partial charge in [-0.25, -0.2) is 0 Å². The van der Waals surface area contributed by atoms with Crippen molar-refractivity contribution >= 4 is 11.8 Å². The van der Waals surface area contributed by atoms with Crippen molar-refractivity contribution in [1.29, 1.82) is 0 Å². The number of rotatable bonds is 7. The maximum Gasteiger partial charge on any atom is 0.389 e. The van der Waals surface area contributed by atoms with Gasteiger partial charge in [0.2, 0.25) is 11.8 Å². The van der Waals surface area contributed by atoms with E-state index in [9.17, 15) is 22.8 Å². The Morgan fingerprint density at radius 2 is 1.59 bits per heavy atom. The molecule has 0 rings (SSSR count). The van der Waals surface area contributed by atoms with Crippen LogP contribution in [0.1, 0.15) is 39.0 Å². The van der Waals surface area contributed by atoms with Gasteiger partial charge in [0.05, 0.1) is 5.41 Å². The van der Waals surface area contributed by atoms with Crippen molar-refractivity contribution in [2.75, 3.05) is 0 Å². The molecule has 1 atom stereocenters. The van der Waals surface area contributed by atoms with Gasteiger partial charge in [-0.05, 0) is 12.8 Å². The molecular formula is C10H17F3N2O2. The van der Waals surface area contributed by atoms with Gasteiger partial charge in [-0.3, -0.25) is 9.59 Å². The van der Waals surface area contributed by atoms with E-state index in [4.69, 9.17) is 11.5 Å². The second kappa shape index (κ2) is 5.88. The Bertz CT molecular complexity index is 292. The summed E-state index contributed by atoms with van der Waals surface area (Å²) in [5, 5.41) is 0. The topological polar surface area (TPSA) is 86.2 Å². The summed E-state index contributed by atoms with van der Waals surface area (Å²) in [6, 6.07) is 0. The molecule has 0 heterocycles. The van der Waals surface area contributed by atoms with Gasteiger partial charge in [-0.15, -0.1) is 0 Å². The van der Waals surface area contributed by atoms with E-state index in [0.717, 1.165) is 0 Å². The van der Waals surface area contributed by atoms with Gasteiger partial charge in [-0.2, -0.15) is 13.2 Å². The third-order valence-corrected chi connectivity index (χ3v) is 2.65. The third-order valence-electron chi connectivity index (χ3n) is 2.65. The van der Waals surface area contributed by atoms with E-state index in [-0.39, 0.29) is 6.42 Å². The average Bonchev–Trinajstić information content (AvgIpc) is 2.12. The molecule has 4 nitrogen and oxygen atoms in total. The molecule has 0 aromatic heterocycles. The summed E-state index contributed by atoms with van der Waals surface area (Å²) in [5.41, 5.74) is 8.60. The number of nitrogens with two attached hydrogens (primary N) is 2. The van der Waals surface area contributed by atoms with Crippen LogP contribution in [-0.2, 0) is 9.59 Å². The smallest absolute Gasteiger partial charge is 0.370 e. The highest BCUT2D eigenvalue weighted by Gasteiger charge is 2.41. The van der Waals surface area contributed by atoms with Gasteiger partial charge in [-0.1, -0.05) is 13.3 Å². The fourth-order valence-corrected chi connectivity index (χ4v) is 1.83. The molecule has 0 aromatic rings.